The van der Waals surface area contributed by atoms with Crippen molar-refractivity contribution in [3.05, 3.63) is 64.3 Å². The number of hydrogen-bond acceptors (Lipinski definition) is 4. The molecule has 4 rings (SSSR count). The smallest absolute Gasteiger partial charge is 0.310 e. The zero-order chi connectivity index (χ0) is 23.0. The number of methoxy groups -OCH3 is 1. The Morgan fingerprint density at radius 3 is 2.56 bits per heavy atom. The predicted molar refractivity (Wildman–Crippen MR) is 122 cm³/mol. The quantitative estimate of drug-likeness (QED) is 0.583. The summed E-state index contributed by atoms with van der Waals surface area (Å²) in [5, 5.41) is 13.6. The fourth-order valence-corrected chi connectivity index (χ4v) is 4.50. The van der Waals surface area contributed by atoms with E-state index in [1.54, 1.807) is 42.9 Å². The fourth-order valence-electron chi connectivity index (χ4n) is 4.21. The molecule has 1 saturated heterocycles. The number of rotatable bonds is 6. The van der Waals surface area contributed by atoms with E-state index < -0.39 is 17.4 Å². The number of hydrogen-bond donors (Lipinski definition) is 2. The first-order valence-corrected chi connectivity index (χ1v) is 10.7. The second-order valence-corrected chi connectivity index (χ2v) is 8.50. The Hall–Kier alpha value is -3.03. The van der Waals surface area contributed by atoms with Gasteiger partial charge in [-0.25, -0.2) is 0 Å². The summed E-state index contributed by atoms with van der Waals surface area (Å²) >= 11 is 6.46. The molecule has 1 aromatic heterocycles. The molecule has 0 radical (unpaired) electrons. The fraction of sp³-hybridized carbons (Fsp3) is 0.333. The predicted octanol–water partition coefficient (Wildman–Crippen LogP) is 4.07. The van der Waals surface area contributed by atoms with Gasteiger partial charge in [-0.1, -0.05) is 35.9 Å². The molecule has 2 unspecified atom stereocenters. The van der Waals surface area contributed by atoms with Crippen molar-refractivity contribution < 1.29 is 24.2 Å². The first-order valence-electron chi connectivity index (χ1n) is 10.3. The Morgan fingerprint density at radius 1 is 1.25 bits per heavy atom. The number of nitrogens with one attached hydrogen (secondary N) is 1. The second kappa shape index (κ2) is 8.48. The number of aliphatic carboxylic acids is 1. The molecule has 1 aliphatic heterocycles. The van der Waals surface area contributed by atoms with Gasteiger partial charge in [0.05, 0.1) is 35.7 Å². The molecule has 2 aromatic carbocycles. The highest BCUT2D eigenvalue weighted by Gasteiger charge is 2.39. The van der Waals surface area contributed by atoms with Gasteiger partial charge < -0.3 is 24.5 Å². The third-order valence-corrected chi connectivity index (χ3v) is 6.68. The Labute approximate surface area is 190 Å². The van der Waals surface area contributed by atoms with E-state index in [0.717, 1.165) is 16.5 Å². The van der Waals surface area contributed by atoms with Crippen LogP contribution in [-0.4, -0.2) is 41.9 Å². The van der Waals surface area contributed by atoms with E-state index in [4.69, 9.17) is 21.1 Å². The average molecular weight is 457 g/mol. The zero-order valence-electron chi connectivity index (χ0n) is 18.1. The van der Waals surface area contributed by atoms with Crippen LogP contribution in [0.5, 0.6) is 5.75 Å². The number of aromatic nitrogens is 1. The van der Waals surface area contributed by atoms with Crippen molar-refractivity contribution in [3.8, 4) is 5.75 Å². The highest BCUT2D eigenvalue weighted by molar-refractivity contribution is 6.37. The first kappa shape index (κ1) is 22.2. The largest absolute Gasteiger partial charge is 0.495 e. The molecule has 2 heterocycles. The summed E-state index contributed by atoms with van der Waals surface area (Å²) in [5.74, 6) is -1.18. The van der Waals surface area contributed by atoms with Gasteiger partial charge in [0.15, 0.2) is 0 Å². The van der Waals surface area contributed by atoms with E-state index in [0.29, 0.717) is 41.7 Å². The number of aryl methyl sites for hydroxylation is 1. The number of halogens is 1. The first-order chi connectivity index (χ1) is 15.3. The molecule has 2 atom stereocenters. The van der Waals surface area contributed by atoms with Gasteiger partial charge in [0.25, 0.3) is 5.91 Å². The number of carbonyl (C=O) groups excluding carboxylic acids is 1. The van der Waals surface area contributed by atoms with Gasteiger partial charge in [0, 0.05) is 25.5 Å². The van der Waals surface area contributed by atoms with Gasteiger partial charge in [-0.15, -0.1) is 0 Å². The molecular weight excluding hydrogens is 432 g/mol. The molecule has 0 saturated carbocycles. The lowest BCUT2D eigenvalue weighted by molar-refractivity contribution is -0.138. The standard InChI is InChI=1S/C24H25ClN2O5/c1-14(23(29)30)15-4-6-16(7-5-15)24(10-11-32-13-24)26-22(28)19-12-17-18(27(19)2)8-9-20(31-3)21(17)25/h4-9,12,14H,10-11,13H2,1-3H3,(H,26,28)(H,29,30). The van der Waals surface area contributed by atoms with E-state index in [2.05, 4.69) is 5.32 Å². The summed E-state index contributed by atoms with van der Waals surface area (Å²) in [6, 6.07) is 12.7. The van der Waals surface area contributed by atoms with Crippen molar-refractivity contribution in [2.75, 3.05) is 20.3 Å². The molecule has 1 fully saturated rings. The Kier molecular flexibility index (Phi) is 5.88. The molecule has 7 nitrogen and oxygen atoms in total. The lowest BCUT2D eigenvalue weighted by Gasteiger charge is -2.30. The normalized spacial score (nSPS) is 19.1. The molecule has 0 spiro atoms. The van der Waals surface area contributed by atoms with Crippen molar-refractivity contribution in [1.29, 1.82) is 0 Å². The van der Waals surface area contributed by atoms with Crippen molar-refractivity contribution >= 4 is 34.4 Å². The average Bonchev–Trinajstić information content (AvgIpc) is 3.39. The summed E-state index contributed by atoms with van der Waals surface area (Å²) in [5.41, 5.74) is 2.18. The summed E-state index contributed by atoms with van der Waals surface area (Å²) in [6.45, 7) is 2.50. The number of benzene rings is 2. The minimum absolute atomic E-state index is 0.243. The van der Waals surface area contributed by atoms with E-state index >= 15 is 0 Å². The highest BCUT2D eigenvalue weighted by Crippen LogP contribution is 2.36. The third kappa shape index (κ3) is 3.72. The van der Waals surface area contributed by atoms with Crippen LogP contribution >= 0.6 is 11.6 Å². The van der Waals surface area contributed by atoms with Gasteiger partial charge >= 0.3 is 5.97 Å². The number of carboxylic acids is 1. The minimum atomic E-state index is -0.879. The summed E-state index contributed by atoms with van der Waals surface area (Å²) in [6.07, 6.45) is 0.616. The van der Waals surface area contributed by atoms with E-state index in [9.17, 15) is 14.7 Å². The second-order valence-electron chi connectivity index (χ2n) is 8.12. The van der Waals surface area contributed by atoms with Crippen LogP contribution in [0.4, 0.5) is 0 Å². The van der Waals surface area contributed by atoms with Crippen LogP contribution in [0.25, 0.3) is 10.9 Å². The molecule has 168 valence electrons. The lowest BCUT2D eigenvalue weighted by atomic mass is 9.87. The van der Waals surface area contributed by atoms with E-state index in [1.807, 2.05) is 25.2 Å². The van der Waals surface area contributed by atoms with Gasteiger partial charge in [0.2, 0.25) is 0 Å². The zero-order valence-corrected chi connectivity index (χ0v) is 18.9. The maximum absolute atomic E-state index is 13.4. The van der Waals surface area contributed by atoms with Crippen LogP contribution in [0.1, 0.15) is 40.9 Å². The monoisotopic (exact) mass is 456 g/mol. The number of fused-ring (bicyclic) bond motifs is 1. The SMILES string of the molecule is COc1ccc2c(cc(C(=O)NC3(c4ccc(C(C)C(=O)O)cc4)CCOC3)n2C)c1Cl. The highest BCUT2D eigenvalue weighted by atomic mass is 35.5. The van der Waals surface area contributed by atoms with Gasteiger partial charge in [-0.2, -0.15) is 0 Å². The molecule has 8 heteroatoms. The maximum Gasteiger partial charge on any atom is 0.310 e. The van der Waals surface area contributed by atoms with Gasteiger partial charge in [-0.3, -0.25) is 9.59 Å². The molecule has 2 N–H and O–H groups in total. The van der Waals surface area contributed by atoms with Crippen LogP contribution < -0.4 is 10.1 Å². The summed E-state index contributed by atoms with van der Waals surface area (Å²) in [4.78, 5) is 24.6. The number of carboxylic acid groups (broad SMARTS) is 1. The molecule has 1 amide bonds. The molecule has 0 aliphatic carbocycles. The lowest BCUT2D eigenvalue weighted by Crippen LogP contribution is -2.47. The summed E-state index contributed by atoms with van der Waals surface area (Å²) < 4.78 is 12.7. The van der Waals surface area contributed by atoms with Crippen molar-refractivity contribution in [2.24, 2.45) is 7.05 Å². The summed E-state index contributed by atoms with van der Waals surface area (Å²) in [7, 11) is 3.37. The molecule has 0 bridgehead atoms. The number of amides is 1. The minimum Gasteiger partial charge on any atom is -0.495 e. The topological polar surface area (TPSA) is 89.8 Å². The molecule has 3 aromatic rings. The molecule has 32 heavy (non-hydrogen) atoms. The maximum atomic E-state index is 13.4. The number of carbonyl (C=O) groups is 2. The number of nitrogens with zero attached hydrogens (tertiary/aromatic N) is 1. The van der Waals surface area contributed by atoms with Crippen molar-refractivity contribution in [1.82, 2.24) is 9.88 Å². The van der Waals surface area contributed by atoms with Crippen LogP contribution in [0, 0.1) is 0 Å². The Balaban J connectivity index is 1.66. The van der Waals surface area contributed by atoms with Crippen molar-refractivity contribution in [3.63, 3.8) is 0 Å². The van der Waals surface area contributed by atoms with Gasteiger partial charge in [0.1, 0.15) is 11.4 Å². The van der Waals surface area contributed by atoms with Crippen molar-refractivity contribution in [2.45, 2.75) is 24.8 Å². The van der Waals surface area contributed by atoms with Crippen LogP contribution in [0.15, 0.2) is 42.5 Å². The van der Waals surface area contributed by atoms with E-state index in [-0.39, 0.29) is 5.91 Å². The Morgan fingerprint density at radius 2 is 1.97 bits per heavy atom. The molecule has 1 aliphatic rings. The van der Waals surface area contributed by atoms with Crippen LogP contribution in [-0.2, 0) is 22.1 Å². The third-order valence-electron chi connectivity index (χ3n) is 6.29. The number of ether oxygens (including phenoxy) is 2. The van der Waals surface area contributed by atoms with Gasteiger partial charge in [-0.05, 0) is 36.2 Å². The Bertz CT molecular complexity index is 1180. The van der Waals surface area contributed by atoms with E-state index in [1.165, 1.54) is 0 Å². The van der Waals surface area contributed by atoms with Crippen LogP contribution in [0.2, 0.25) is 5.02 Å². The molecular formula is C24H25ClN2O5. The van der Waals surface area contributed by atoms with Crippen LogP contribution in [0.3, 0.4) is 0 Å².